The molecule has 1 aliphatic rings. The minimum Gasteiger partial charge on any atom is -0.484 e. The van der Waals surface area contributed by atoms with E-state index in [1.54, 1.807) is 9.80 Å². The van der Waals surface area contributed by atoms with Gasteiger partial charge >= 0.3 is 6.18 Å². The van der Waals surface area contributed by atoms with Crippen LogP contribution in [-0.2, 0) is 25.6 Å². The summed E-state index contributed by atoms with van der Waals surface area (Å²) in [5.41, 5.74) is -1.21. The number of sulfone groups is 1. The van der Waals surface area contributed by atoms with E-state index in [1.807, 2.05) is 0 Å². The number of nitrogens with zero attached hydrogens (tertiary/aromatic N) is 2. The number of ether oxygens (including phenoxy) is 1. The zero-order valence-corrected chi connectivity index (χ0v) is 19.2. The smallest absolute Gasteiger partial charge is 0.418 e. The fourth-order valence-electron chi connectivity index (χ4n) is 3.41. The first-order valence-electron chi connectivity index (χ1n) is 10.3. The summed E-state index contributed by atoms with van der Waals surface area (Å²) in [5, 5.41) is 2.31. The molecule has 0 atom stereocenters. The van der Waals surface area contributed by atoms with Gasteiger partial charge in [-0.05, 0) is 36.4 Å². The van der Waals surface area contributed by atoms with Crippen LogP contribution < -0.4 is 10.1 Å². The van der Waals surface area contributed by atoms with Crippen molar-refractivity contribution in [2.45, 2.75) is 11.1 Å². The first-order valence-corrected chi connectivity index (χ1v) is 12.2. The summed E-state index contributed by atoms with van der Waals surface area (Å²) >= 11 is 0. The molecule has 34 heavy (non-hydrogen) atoms. The average molecular weight is 500 g/mol. The molecule has 8 nitrogen and oxygen atoms in total. The molecule has 0 bridgehead atoms. The third-order valence-electron chi connectivity index (χ3n) is 5.21. The van der Waals surface area contributed by atoms with Gasteiger partial charge in [-0.25, -0.2) is 8.42 Å². The monoisotopic (exact) mass is 499 g/mol. The first kappa shape index (κ1) is 25.5. The number of para-hydroxylation sites is 1. The topological polar surface area (TPSA) is 96.0 Å². The first-order chi connectivity index (χ1) is 15.9. The van der Waals surface area contributed by atoms with Crippen molar-refractivity contribution in [2.75, 3.05) is 50.9 Å². The second kappa shape index (κ2) is 10.4. The molecule has 12 heteroatoms. The van der Waals surface area contributed by atoms with Gasteiger partial charge < -0.3 is 15.0 Å². The molecule has 0 spiro atoms. The van der Waals surface area contributed by atoms with Crippen molar-refractivity contribution in [3.63, 3.8) is 0 Å². The predicted octanol–water partition coefficient (Wildman–Crippen LogP) is 2.27. The summed E-state index contributed by atoms with van der Waals surface area (Å²) in [6, 6.07) is 10.5. The minimum absolute atomic E-state index is 0.0998. The van der Waals surface area contributed by atoms with Crippen molar-refractivity contribution < 1.29 is 35.9 Å². The molecule has 2 aromatic rings. The summed E-state index contributed by atoms with van der Waals surface area (Å²) in [6.07, 6.45) is -3.48. The van der Waals surface area contributed by atoms with Crippen LogP contribution in [0, 0.1) is 0 Å². The molecule has 1 saturated heterocycles. The van der Waals surface area contributed by atoms with E-state index in [4.69, 9.17) is 4.74 Å². The molecular weight excluding hydrogens is 475 g/mol. The molecule has 0 unspecified atom stereocenters. The van der Waals surface area contributed by atoms with Crippen molar-refractivity contribution in [1.29, 1.82) is 0 Å². The summed E-state index contributed by atoms with van der Waals surface area (Å²) < 4.78 is 67.6. The lowest BCUT2D eigenvalue weighted by atomic mass is 10.1. The van der Waals surface area contributed by atoms with Gasteiger partial charge in [0.25, 0.3) is 5.91 Å². The van der Waals surface area contributed by atoms with Crippen LogP contribution in [0.4, 0.5) is 18.9 Å². The number of carbonyl (C=O) groups excluding carboxylic acids is 2. The van der Waals surface area contributed by atoms with Crippen LogP contribution in [0.5, 0.6) is 5.75 Å². The average Bonchev–Trinajstić information content (AvgIpc) is 2.77. The van der Waals surface area contributed by atoms with Crippen LogP contribution in [0.3, 0.4) is 0 Å². The quantitative estimate of drug-likeness (QED) is 0.628. The molecule has 3 rings (SSSR count). The molecule has 1 aliphatic heterocycles. The lowest BCUT2D eigenvalue weighted by Gasteiger charge is -2.34. The third kappa shape index (κ3) is 6.94. The maximum atomic E-state index is 13.1. The Labute approximate surface area is 195 Å². The summed E-state index contributed by atoms with van der Waals surface area (Å²) in [7, 11) is -3.32. The van der Waals surface area contributed by atoms with Gasteiger partial charge in [0.2, 0.25) is 5.91 Å². The number of benzene rings is 2. The third-order valence-corrected chi connectivity index (χ3v) is 6.34. The number of alkyl halides is 3. The van der Waals surface area contributed by atoms with Gasteiger partial charge in [-0.3, -0.25) is 14.5 Å². The zero-order valence-electron chi connectivity index (χ0n) is 18.3. The Morgan fingerprint density at radius 1 is 1.00 bits per heavy atom. The van der Waals surface area contributed by atoms with Crippen molar-refractivity contribution in [3.8, 4) is 5.75 Å². The number of amides is 2. The molecule has 0 aromatic heterocycles. The van der Waals surface area contributed by atoms with E-state index in [0.29, 0.717) is 31.9 Å². The molecule has 184 valence electrons. The second-order valence-electron chi connectivity index (χ2n) is 7.78. The molecule has 1 N–H and O–H groups in total. The van der Waals surface area contributed by atoms with E-state index in [0.717, 1.165) is 12.3 Å². The highest BCUT2D eigenvalue weighted by Gasteiger charge is 2.33. The van der Waals surface area contributed by atoms with Crippen molar-refractivity contribution in [1.82, 2.24) is 9.80 Å². The van der Waals surface area contributed by atoms with Gasteiger partial charge in [-0.2, -0.15) is 13.2 Å². The highest BCUT2D eigenvalue weighted by Crippen LogP contribution is 2.34. The predicted molar refractivity (Wildman–Crippen MR) is 118 cm³/mol. The summed E-state index contributed by atoms with van der Waals surface area (Å²) in [4.78, 5) is 28.1. The fourth-order valence-corrected chi connectivity index (χ4v) is 4.04. The highest BCUT2D eigenvalue weighted by molar-refractivity contribution is 7.90. The Morgan fingerprint density at radius 3 is 2.21 bits per heavy atom. The highest BCUT2D eigenvalue weighted by atomic mass is 32.2. The van der Waals surface area contributed by atoms with Crippen molar-refractivity contribution in [2.24, 2.45) is 0 Å². The Morgan fingerprint density at radius 2 is 1.62 bits per heavy atom. The Kier molecular flexibility index (Phi) is 7.82. The lowest BCUT2D eigenvalue weighted by molar-refractivity contribution is -0.137. The number of hydrogen-bond donors (Lipinski definition) is 1. The van der Waals surface area contributed by atoms with Crippen molar-refractivity contribution in [3.05, 3.63) is 54.1 Å². The molecular formula is C22H24F3N3O5S. The van der Waals surface area contributed by atoms with Crippen LogP contribution >= 0.6 is 0 Å². The van der Waals surface area contributed by atoms with Crippen LogP contribution in [-0.4, -0.2) is 75.6 Å². The Balaban J connectivity index is 1.44. The van der Waals surface area contributed by atoms with E-state index in [9.17, 15) is 31.2 Å². The van der Waals surface area contributed by atoms with E-state index in [2.05, 4.69) is 5.32 Å². The summed E-state index contributed by atoms with van der Waals surface area (Å²) in [5.74, 6) is -0.483. The minimum atomic E-state index is -4.58. The standard InChI is InChI=1S/C22H24F3N3O5S/c1-34(31,32)17-8-6-16(7-9-17)33-15-21(30)28-12-10-27(11-13-28)14-20(29)26-19-5-3-2-4-18(19)22(23,24)25/h2-9H,10-15H2,1H3,(H,26,29). The van der Waals surface area contributed by atoms with Gasteiger partial charge in [0, 0.05) is 32.4 Å². The molecule has 2 amide bonds. The lowest BCUT2D eigenvalue weighted by Crippen LogP contribution is -2.51. The number of hydrogen-bond acceptors (Lipinski definition) is 6. The number of anilines is 1. The van der Waals surface area contributed by atoms with Crippen LogP contribution in [0.1, 0.15) is 5.56 Å². The van der Waals surface area contributed by atoms with E-state index in [-0.39, 0.29) is 29.6 Å². The van der Waals surface area contributed by atoms with Crippen molar-refractivity contribution >= 4 is 27.3 Å². The van der Waals surface area contributed by atoms with Gasteiger partial charge in [-0.15, -0.1) is 0 Å². The van der Waals surface area contributed by atoms with Gasteiger partial charge in [0.1, 0.15) is 5.75 Å². The zero-order chi connectivity index (χ0) is 24.9. The number of halogens is 3. The molecule has 2 aromatic carbocycles. The van der Waals surface area contributed by atoms with E-state index in [1.165, 1.54) is 42.5 Å². The number of rotatable bonds is 7. The number of nitrogens with one attached hydrogen (secondary N) is 1. The summed E-state index contributed by atoms with van der Waals surface area (Å²) in [6.45, 7) is 1.10. The van der Waals surface area contributed by atoms with E-state index < -0.39 is 27.5 Å². The van der Waals surface area contributed by atoms with Crippen LogP contribution in [0.15, 0.2) is 53.4 Å². The van der Waals surface area contributed by atoms with Crippen LogP contribution in [0.2, 0.25) is 0 Å². The van der Waals surface area contributed by atoms with Gasteiger partial charge in [0.15, 0.2) is 16.4 Å². The molecule has 1 heterocycles. The van der Waals surface area contributed by atoms with Gasteiger partial charge in [-0.1, -0.05) is 12.1 Å². The van der Waals surface area contributed by atoms with Gasteiger partial charge in [0.05, 0.1) is 22.7 Å². The molecule has 0 saturated carbocycles. The molecule has 0 radical (unpaired) electrons. The maximum Gasteiger partial charge on any atom is 0.418 e. The second-order valence-corrected chi connectivity index (χ2v) is 9.80. The Hall–Kier alpha value is -3.12. The fraction of sp³-hybridized carbons (Fsp3) is 0.364. The molecule has 1 fully saturated rings. The SMILES string of the molecule is CS(=O)(=O)c1ccc(OCC(=O)N2CCN(CC(=O)Nc3ccccc3C(F)(F)F)CC2)cc1. The Bertz CT molecular complexity index is 1130. The number of carbonyl (C=O) groups is 2. The maximum absolute atomic E-state index is 13.1. The largest absolute Gasteiger partial charge is 0.484 e. The normalized spacial score (nSPS) is 15.1. The van der Waals surface area contributed by atoms with Crippen LogP contribution in [0.25, 0.3) is 0 Å². The van der Waals surface area contributed by atoms with E-state index >= 15 is 0 Å². The molecule has 0 aliphatic carbocycles. The number of piperazine rings is 1.